The molecule has 0 atom stereocenters. The van der Waals surface area contributed by atoms with E-state index in [1.165, 1.54) is 23.4 Å². The van der Waals surface area contributed by atoms with E-state index in [2.05, 4.69) is 9.97 Å². The zero-order valence-corrected chi connectivity index (χ0v) is 17.0. The Morgan fingerprint density at radius 3 is 2.47 bits per heavy atom. The summed E-state index contributed by atoms with van der Waals surface area (Å²) < 4.78 is 66.4. The summed E-state index contributed by atoms with van der Waals surface area (Å²) in [6.07, 6.45) is 0.292. The second-order valence-corrected chi connectivity index (χ2v) is 8.97. The maximum atomic E-state index is 13.2. The summed E-state index contributed by atoms with van der Waals surface area (Å²) in [7, 11) is -2.70. The maximum Gasteiger partial charge on any atom is 0.417 e. The third-order valence-electron chi connectivity index (χ3n) is 5.01. The molecule has 11 heteroatoms. The quantitative estimate of drug-likeness (QED) is 0.711. The molecule has 0 bridgehead atoms. The van der Waals surface area contributed by atoms with Gasteiger partial charge in [-0.1, -0.05) is 12.1 Å². The van der Waals surface area contributed by atoms with Gasteiger partial charge in [0.15, 0.2) is 0 Å². The summed E-state index contributed by atoms with van der Waals surface area (Å²) in [5, 5.41) is 0. The number of alkyl halides is 3. The normalized spacial score (nSPS) is 16.4. The van der Waals surface area contributed by atoms with Crippen molar-refractivity contribution < 1.29 is 26.4 Å². The number of carbonyl (C=O) groups excluding carboxylic acids is 1. The predicted molar refractivity (Wildman–Crippen MR) is 101 cm³/mol. The molecule has 2 aromatic rings. The van der Waals surface area contributed by atoms with Gasteiger partial charge in [0.05, 0.1) is 28.9 Å². The highest BCUT2D eigenvalue weighted by Gasteiger charge is 2.40. The van der Waals surface area contributed by atoms with Crippen LogP contribution in [0, 0.1) is 5.92 Å². The number of rotatable bonds is 5. The molecule has 1 aromatic carbocycles. The van der Waals surface area contributed by atoms with Crippen molar-refractivity contribution >= 4 is 15.9 Å². The molecular formula is C19H21F3N4O3S. The number of aromatic nitrogens is 2. The van der Waals surface area contributed by atoms with Gasteiger partial charge < -0.3 is 4.90 Å². The number of halogens is 3. The lowest BCUT2D eigenvalue weighted by molar-refractivity contribution is -0.140. The molecule has 30 heavy (non-hydrogen) atoms. The van der Waals surface area contributed by atoms with Gasteiger partial charge in [-0.2, -0.15) is 17.5 Å². The number of hydrogen-bond donors (Lipinski definition) is 0. The fourth-order valence-electron chi connectivity index (χ4n) is 3.45. The van der Waals surface area contributed by atoms with Gasteiger partial charge in [-0.05, 0) is 25.0 Å². The van der Waals surface area contributed by atoms with Crippen molar-refractivity contribution in [2.45, 2.75) is 30.5 Å². The zero-order chi connectivity index (χ0) is 21.9. The van der Waals surface area contributed by atoms with E-state index in [9.17, 15) is 26.4 Å². The molecule has 1 aliphatic heterocycles. The number of benzene rings is 1. The zero-order valence-electron chi connectivity index (χ0n) is 16.2. The van der Waals surface area contributed by atoms with Crippen LogP contribution in [0.5, 0.6) is 0 Å². The molecule has 162 valence electrons. The molecule has 0 N–H and O–H groups in total. The van der Waals surface area contributed by atoms with Gasteiger partial charge >= 0.3 is 6.18 Å². The summed E-state index contributed by atoms with van der Waals surface area (Å²) in [6.45, 7) is 0.220. The van der Waals surface area contributed by atoms with E-state index in [0.717, 1.165) is 22.5 Å². The molecule has 1 saturated heterocycles. The fourth-order valence-corrected chi connectivity index (χ4v) is 5.13. The van der Waals surface area contributed by atoms with Crippen LogP contribution in [0.2, 0.25) is 0 Å². The van der Waals surface area contributed by atoms with Crippen LogP contribution < -0.4 is 0 Å². The van der Waals surface area contributed by atoms with Crippen molar-refractivity contribution in [2.24, 2.45) is 5.92 Å². The summed E-state index contributed by atoms with van der Waals surface area (Å²) in [4.78, 5) is 21.5. The number of sulfonamides is 1. The molecule has 0 unspecified atom stereocenters. The van der Waals surface area contributed by atoms with E-state index >= 15 is 0 Å². The summed E-state index contributed by atoms with van der Waals surface area (Å²) in [5.41, 5.74) is -0.566. The topological polar surface area (TPSA) is 83.5 Å². The van der Waals surface area contributed by atoms with Crippen molar-refractivity contribution in [3.8, 4) is 0 Å². The first-order valence-corrected chi connectivity index (χ1v) is 10.7. The minimum Gasteiger partial charge on any atom is -0.340 e. The molecule has 1 amide bonds. The van der Waals surface area contributed by atoms with Gasteiger partial charge in [-0.3, -0.25) is 14.8 Å². The number of hydrogen-bond acceptors (Lipinski definition) is 5. The van der Waals surface area contributed by atoms with E-state index < -0.39 is 32.6 Å². The van der Waals surface area contributed by atoms with E-state index in [1.807, 2.05) is 0 Å². The Labute approximate surface area is 172 Å². The second-order valence-electron chi connectivity index (χ2n) is 7.06. The van der Waals surface area contributed by atoms with Crippen molar-refractivity contribution in [2.75, 3.05) is 20.1 Å². The van der Waals surface area contributed by atoms with E-state index in [-0.39, 0.29) is 38.4 Å². The average Bonchev–Trinajstić information content (AvgIpc) is 2.73. The van der Waals surface area contributed by atoms with Gasteiger partial charge in [0, 0.05) is 38.4 Å². The molecule has 1 aromatic heterocycles. The molecule has 3 rings (SSSR count). The first-order valence-electron chi connectivity index (χ1n) is 9.27. The summed E-state index contributed by atoms with van der Waals surface area (Å²) in [5.74, 6) is -0.565. The van der Waals surface area contributed by atoms with Crippen molar-refractivity contribution in [3.63, 3.8) is 0 Å². The summed E-state index contributed by atoms with van der Waals surface area (Å²) in [6, 6.07) is 4.13. The smallest absolute Gasteiger partial charge is 0.340 e. The SMILES string of the molecule is CN(Cc1cnccn1)C(=O)C1CCN(S(=O)(=O)c2ccccc2C(F)(F)F)CC1. The standard InChI is InChI=1S/C19H21F3N4O3S/c1-25(13-15-12-23-8-9-24-15)18(27)14-6-10-26(11-7-14)30(28,29)17-5-3-2-4-16(17)19(20,21)22/h2-5,8-9,12,14H,6-7,10-11,13H2,1H3. The van der Waals surface area contributed by atoms with Crippen molar-refractivity contribution in [3.05, 3.63) is 54.1 Å². The number of piperidine rings is 1. The van der Waals surface area contributed by atoms with Crippen molar-refractivity contribution in [1.82, 2.24) is 19.2 Å². The first-order chi connectivity index (χ1) is 14.1. The van der Waals surface area contributed by atoms with Crippen LogP contribution in [-0.2, 0) is 27.5 Å². The van der Waals surface area contributed by atoms with Gasteiger partial charge in [0.2, 0.25) is 15.9 Å². The molecule has 1 aliphatic rings. The van der Waals surface area contributed by atoms with Crippen LogP contribution >= 0.6 is 0 Å². The largest absolute Gasteiger partial charge is 0.417 e. The Bertz CT molecular complexity index is 992. The van der Waals surface area contributed by atoms with Crippen LogP contribution in [0.15, 0.2) is 47.8 Å². The molecule has 0 aliphatic carbocycles. The van der Waals surface area contributed by atoms with Gasteiger partial charge in [0.1, 0.15) is 0 Å². The minimum atomic E-state index is -4.78. The average molecular weight is 442 g/mol. The van der Waals surface area contributed by atoms with Crippen LogP contribution in [0.1, 0.15) is 24.1 Å². The van der Waals surface area contributed by atoms with Gasteiger partial charge in [-0.15, -0.1) is 0 Å². The molecule has 0 radical (unpaired) electrons. The lowest BCUT2D eigenvalue weighted by atomic mass is 9.96. The van der Waals surface area contributed by atoms with Gasteiger partial charge in [0.25, 0.3) is 0 Å². The van der Waals surface area contributed by atoms with E-state index in [1.54, 1.807) is 13.2 Å². The number of carbonyl (C=O) groups is 1. The molecule has 0 saturated carbocycles. The Morgan fingerprint density at radius 2 is 1.87 bits per heavy atom. The molecule has 7 nitrogen and oxygen atoms in total. The third-order valence-corrected chi connectivity index (χ3v) is 6.96. The Kier molecular flexibility index (Phi) is 6.41. The number of amides is 1. The van der Waals surface area contributed by atoms with Crippen LogP contribution in [-0.4, -0.2) is 53.6 Å². The molecule has 1 fully saturated rings. The first kappa shape index (κ1) is 22.2. The van der Waals surface area contributed by atoms with E-state index in [0.29, 0.717) is 5.69 Å². The van der Waals surface area contributed by atoms with E-state index in [4.69, 9.17) is 0 Å². The molecular weight excluding hydrogens is 421 g/mol. The van der Waals surface area contributed by atoms with Crippen molar-refractivity contribution in [1.29, 1.82) is 0 Å². The number of nitrogens with zero attached hydrogens (tertiary/aromatic N) is 4. The highest BCUT2D eigenvalue weighted by molar-refractivity contribution is 7.89. The monoisotopic (exact) mass is 442 g/mol. The predicted octanol–water partition coefficient (Wildman–Crippen LogP) is 2.55. The van der Waals surface area contributed by atoms with Crippen LogP contribution in [0.4, 0.5) is 13.2 Å². The third kappa shape index (κ3) is 4.78. The highest BCUT2D eigenvalue weighted by Crippen LogP contribution is 2.36. The second kappa shape index (κ2) is 8.68. The highest BCUT2D eigenvalue weighted by atomic mass is 32.2. The van der Waals surface area contributed by atoms with Gasteiger partial charge in [-0.25, -0.2) is 8.42 Å². The Balaban J connectivity index is 1.67. The van der Waals surface area contributed by atoms with Crippen LogP contribution in [0.3, 0.4) is 0 Å². The fraction of sp³-hybridized carbons (Fsp3) is 0.421. The Hall–Kier alpha value is -2.53. The lowest BCUT2D eigenvalue weighted by Crippen LogP contribution is -2.43. The molecule has 2 heterocycles. The lowest BCUT2D eigenvalue weighted by Gasteiger charge is -2.33. The Morgan fingerprint density at radius 1 is 1.20 bits per heavy atom. The maximum absolute atomic E-state index is 13.2. The van der Waals surface area contributed by atoms with Crippen LogP contribution in [0.25, 0.3) is 0 Å². The minimum absolute atomic E-state index is 0.0239. The summed E-state index contributed by atoms with van der Waals surface area (Å²) >= 11 is 0. The molecule has 0 spiro atoms.